The molecule has 0 N–H and O–H groups in total. The quantitative estimate of drug-likeness (QED) is 0.841. The molecule has 1 aromatic heterocycles. The average molecular weight is 301 g/mol. The van der Waals surface area contributed by atoms with Crippen LogP contribution in [-0.4, -0.2) is 42.0 Å². The second-order valence-electron chi connectivity index (χ2n) is 7.11. The minimum atomic E-state index is 0.135. The Morgan fingerprint density at radius 3 is 2.36 bits per heavy atom. The summed E-state index contributed by atoms with van der Waals surface area (Å²) in [6.07, 6.45) is 6.78. The van der Waals surface area contributed by atoms with Crippen molar-refractivity contribution in [3.05, 3.63) is 23.9 Å². The summed E-state index contributed by atoms with van der Waals surface area (Å²) < 4.78 is 0. The highest BCUT2D eigenvalue weighted by atomic mass is 16.2. The Morgan fingerprint density at radius 1 is 1.09 bits per heavy atom. The van der Waals surface area contributed by atoms with Gasteiger partial charge in [-0.25, -0.2) is 4.98 Å². The molecule has 0 bridgehead atoms. The van der Waals surface area contributed by atoms with Gasteiger partial charge in [0.25, 0.3) is 5.91 Å². The molecule has 4 nitrogen and oxygen atoms in total. The number of hydrogen-bond donors (Lipinski definition) is 0. The van der Waals surface area contributed by atoms with Crippen LogP contribution in [0.5, 0.6) is 0 Å². The summed E-state index contributed by atoms with van der Waals surface area (Å²) in [5, 5.41) is 0. The smallest absolute Gasteiger partial charge is 0.255 e. The summed E-state index contributed by atoms with van der Waals surface area (Å²) in [6.45, 7) is 8.37. The Bertz CT molecular complexity index is 498. The van der Waals surface area contributed by atoms with Crippen LogP contribution < -0.4 is 4.90 Å². The summed E-state index contributed by atoms with van der Waals surface area (Å²) in [5.41, 5.74) is 0.724. The number of amides is 1. The molecule has 3 rings (SSSR count). The van der Waals surface area contributed by atoms with Crippen LogP contribution in [0, 0.1) is 11.8 Å². The maximum absolute atomic E-state index is 12.7. The number of hydrogen-bond acceptors (Lipinski definition) is 3. The molecule has 1 aromatic rings. The van der Waals surface area contributed by atoms with Gasteiger partial charge in [0.05, 0.1) is 5.56 Å². The Hall–Kier alpha value is -1.58. The average Bonchev–Trinajstić information content (AvgIpc) is 2.54. The van der Waals surface area contributed by atoms with E-state index in [1.54, 1.807) is 6.20 Å². The topological polar surface area (TPSA) is 36.4 Å². The van der Waals surface area contributed by atoms with Gasteiger partial charge in [0.2, 0.25) is 0 Å². The molecule has 1 amide bonds. The number of likely N-dealkylation sites (tertiary alicyclic amines) is 1. The highest BCUT2D eigenvalue weighted by molar-refractivity contribution is 5.94. The van der Waals surface area contributed by atoms with E-state index in [0.717, 1.165) is 37.6 Å². The first kappa shape index (κ1) is 15.3. The van der Waals surface area contributed by atoms with Crippen molar-refractivity contribution in [2.75, 3.05) is 31.1 Å². The highest BCUT2D eigenvalue weighted by Gasteiger charge is 2.26. The molecule has 0 saturated carbocycles. The van der Waals surface area contributed by atoms with Crippen LogP contribution in [0.4, 0.5) is 5.82 Å². The van der Waals surface area contributed by atoms with Crippen LogP contribution in [0.3, 0.4) is 0 Å². The number of carbonyl (C=O) groups excluding carboxylic acids is 1. The normalized spacial score (nSPS) is 26.1. The lowest BCUT2D eigenvalue weighted by Gasteiger charge is -2.35. The van der Waals surface area contributed by atoms with Gasteiger partial charge in [0.15, 0.2) is 0 Å². The van der Waals surface area contributed by atoms with E-state index in [1.165, 1.54) is 25.7 Å². The van der Waals surface area contributed by atoms with E-state index in [0.29, 0.717) is 11.8 Å². The van der Waals surface area contributed by atoms with E-state index in [9.17, 15) is 4.79 Å². The molecule has 0 aromatic carbocycles. The zero-order chi connectivity index (χ0) is 15.5. The maximum atomic E-state index is 12.7. The van der Waals surface area contributed by atoms with E-state index in [4.69, 9.17) is 0 Å². The molecule has 120 valence electrons. The summed E-state index contributed by atoms with van der Waals surface area (Å²) in [5.74, 6) is 2.33. The SMILES string of the molecule is CC1CC(C)CN(C(=O)c2ccc(N3CCCCC3)nc2)C1. The third-order valence-electron chi connectivity index (χ3n) is 4.83. The molecule has 2 atom stereocenters. The largest absolute Gasteiger partial charge is 0.357 e. The van der Waals surface area contributed by atoms with Crippen LogP contribution >= 0.6 is 0 Å². The van der Waals surface area contributed by atoms with Crippen molar-refractivity contribution in [2.45, 2.75) is 39.5 Å². The maximum Gasteiger partial charge on any atom is 0.255 e. The Morgan fingerprint density at radius 2 is 1.77 bits per heavy atom. The number of nitrogens with zero attached hydrogens (tertiary/aromatic N) is 3. The van der Waals surface area contributed by atoms with Gasteiger partial charge in [0.1, 0.15) is 5.82 Å². The van der Waals surface area contributed by atoms with Crippen molar-refractivity contribution in [3.63, 3.8) is 0 Å². The van der Waals surface area contributed by atoms with E-state index >= 15 is 0 Å². The molecule has 4 heteroatoms. The van der Waals surface area contributed by atoms with E-state index < -0.39 is 0 Å². The zero-order valence-corrected chi connectivity index (χ0v) is 13.8. The van der Waals surface area contributed by atoms with Gasteiger partial charge in [-0.3, -0.25) is 4.79 Å². The molecule has 22 heavy (non-hydrogen) atoms. The fourth-order valence-corrected chi connectivity index (χ4v) is 3.83. The first-order valence-electron chi connectivity index (χ1n) is 8.64. The number of piperidine rings is 2. The monoisotopic (exact) mass is 301 g/mol. The van der Waals surface area contributed by atoms with Crippen molar-refractivity contribution in [1.29, 1.82) is 0 Å². The predicted molar refractivity (Wildman–Crippen MR) is 89.1 cm³/mol. The van der Waals surface area contributed by atoms with Gasteiger partial charge in [-0.05, 0) is 49.7 Å². The minimum Gasteiger partial charge on any atom is -0.357 e. The van der Waals surface area contributed by atoms with Crippen molar-refractivity contribution in [2.24, 2.45) is 11.8 Å². The fraction of sp³-hybridized carbons (Fsp3) is 0.667. The third kappa shape index (κ3) is 3.42. The summed E-state index contributed by atoms with van der Waals surface area (Å²) >= 11 is 0. The highest BCUT2D eigenvalue weighted by Crippen LogP contribution is 2.23. The molecule has 2 saturated heterocycles. The van der Waals surface area contributed by atoms with Gasteiger partial charge >= 0.3 is 0 Å². The van der Waals surface area contributed by atoms with Crippen molar-refractivity contribution in [3.8, 4) is 0 Å². The van der Waals surface area contributed by atoms with E-state index in [-0.39, 0.29) is 5.91 Å². The standard InChI is InChI=1S/C18H27N3O/c1-14-10-15(2)13-21(12-14)18(22)16-6-7-17(19-11-16)20-8-4-3-5-9-20/h6-7,11,14-15H,3-5,8-10,12-13H2,1-2H3. The van der Waals surface area contributed by atoms with Crippen LogP contribution in [0.1, 0.15) is 49.9 Å². The van der Waals surface area contributed by atoms with Gasteiger partial charge < -0.3 is 9.80 Å². The van der Waals surface area contributed by atoms with Crippen molar-refractivity contribution in [1.82, 2.24) is 9.88 Å². The second kappa shape index (κ2) is 6.67. The molecular formula is C18H27N3O. The van der Waals surface area contributed by atoms with Crippen LogP contribution in [0.2, 0.25) is 0 Å². The van der Waals surface area contributed by atoms with E-state index in [1.807, 2.05) is 17.0 Å². The minimum absolute atomic E-state index is 0.135. The van der Waals surface area contributed by atoms with Gasteiger partial charge in [0, 0.05) is 32.4 Å². The van der Waals surface area contributed by atoms with Gasteiger partial charge in [-0.1, -0.05) is 13.8 Å². The predicted octanol–water partition coefficient (Wildman–Crippen LogP) is 3.19. The lowest BCUT2D eigenvalue weighted by atomic mass is 9.91. The Balaban J connectivity index is 1.68. The second-order valence-corrected chi connectivity index (χ2v) is 7.11. The third-order valence-corrected chi connectivity index (χ3v) is 4.83. The number of aromatic nitrogens is 1. The summed E-state index contributed by atoms with van der Waals surface area (Å²) in [7, 11) is 0. The number of carbonyl (C=O) groups is 1. The van der Waals surface area contributed by atoms with E-state index in [2.05, 4.69) is 23.7 Å². The molecule has 2 unspecified atom stereocenters. The van der Waals surface area contributed by atoms with Crippen LogP contribution in [0.25, 0.3) is 0 Å². The van der Waals surface area contributed by atoms with Crippen LogP contribution in [-0.2, 0) is 0 Å². The lowest BCUT2D eigenvalue weighted by molar-refractivity contribution is 0.0622. The zero-order valence-electron chi connectivity index (χ0n) is 13.8. The molecule has 2 fully saturated rings. The molecule has 0 radical (unpaired) electrons. The number of anilines is 1. The summed E-state index contributed by atoms with van der Waals surface area (Å²) in [4.78, 5) is 21.5. The number of pyridine rings is 1. The molecule has 2 aliphatic rings. The first-order valence-corrected chi connectivity index (χ1v) is 8.64. The fourth-order valence-electron chi connectivity index (χ4n) is 3.83. The Labute approximate surface area is 133 Å². The molecule has 3 heterocycles. The van der Waals surface area contributed by atoms with Gasteiger partial charge in [-0.2, -0.15) is 0 Å². The van der Waals surface area contributed by atoms with Crippen molar-refractivity contribution < 1.29 is 4.79 Å². The molecule has 0 aliphatic carbocycles. The van der Waals surface area contributed by atoms with Crippen LogP contribution in [0.15, 0.2) is 18.3 Å². The molecule has 2 aliphatic heterocycles. The summed E-state index contributed by atoms with van der Waals surface area (Å²) in [6, 6.07) is 3.96. The molecule has 0 spiro atoms. The number of rotatable bonds is 2. The van der Waals surface area contributed by atoms with Crippen molar-refractivity contribution >= 4 is 11.7 Å². The molecular weight excluding hydrogens is 274 g/mol. The first-order chi connectivity index (χ1) is 10.6. The lowest BCUT2D eigenvalue weighted by Crippen LogP contribution is -2.42. The Kier molecular flexibility index (Phi) is 4.65. The van der Waals surface area contributed by atoms with Gasteiger partial charge in [-0.15, -0.1) is 0 Å².